The number of Topliss-reactive ketones (excluding diaryl/α,β-unsaturated/α-hetero) is 1. The van der Waals surface area contributed by atoms with Crippen molar-refractivity contribution in [3.05, 3.63) is 70.8 Å². The number of ketones is 1. The lowest BCUT2D eigenvalue weighted by Gasteiger charge is -2.19. The van der Waals surface area contributed by atoms with E-state index in [1.807, 2.05) is 36.4 Å². The molecule has 2 aromatic carbocycles. The number of carbonyl (C=O) groups is 2. The fourth-order valence-corrected chi connectivity index (χ4v) is 2.47. The number of methoxy groups -OCH3 is 1. The highest BCUT2D eigenvalue weighted by Crippen LogP contribution is 2.29. The third-order valence-corrected chi connectivity index (χ3v) is 3.68. The minimum Gasteiger partial charge on any atom is -0.488 e. The average molecular weight is 308 g/mol. The second-order valence-corrected chi connectivity index (χ2v) is 5.28. The van der Waals surface area contributed by atoms with E-state index in [-0.39, 0.29) is 24.8 Å². The molecule has 1 aliphatic rings. The van der Waals surface area contributed by atoms with Crippen molar-refractivity contribution < 1.29 is 19.1 Å². The summed E-state index contributed by atoms with van der Waals surface area (Å²) in [6.45, 7) is 0.225. The standard InChI is InChI=1S/C19H16O4/c1-22-18(20)11-14-7-8-16-17(10-14)23-12-15(19(16)21)9-13-5-3-2-4-6-13/h2-10H,11-12H2,1H3. The quantitative estimate of drug-likeness (QED) is 0.646. The number of ether oxygens (including phenoxy) is 2. The molecule has 3 rings (SSSR count). The molecule has 2 aromatic rings. The van der Waals surface area contributed by atoms with Crippen molar-refractivity contribution in [1.82, 2.24) is 0 Å². The Bertz CT molecular complexity index is 775. The van der Waals surface area contributed by atoms with Crippen LogP contribution in [0.4, 0.5) is 0 Å². The van der Waals surface area contributed by atoms with Crippen molar-refractivity contribution in [2.24, 2.45) is 0 Å². The summed E-state index contributed by atoms with van der Waals surface area (Å²) in [5.41, 5.74) is 2.86. The zero-order chi connectivity index (χ0) is 16.2. The van der Waals surface area contributed by atoms with Crippen LogP contribution in [0.5, 0.6) is 5.75 Å². The molecule has 0 aliphatic carbocycles. The van der Waals surface area contributed by atoms with E-state index >= 15 is 0 Å². The van der Waals surface area contributed by atoms with E-state index in [0.29, 0.717) is 16.9 Å². The van der Waals surface area contributed by atoms with Gasteiger partial charge in [-0.3, -0.25) is 9.59 Å². The second kappa shape index (κ2) is 6.48. The van der Waals surface area contributed by atoms with Crippen molar-refractivity contribution in [1.29, 1.82) is 0 Å². The van der Waals surface area contributed by atoms with Crippen LogP contribution in [-0.4, -0.2) is 25.5 Å². The Balaban J connectivity index is 1.86. The van der Waals surface area contributed by atoms with Crippen LogP contribution in [-0.2, 0) is 16.0 Å². The molecule has 0 saturated heterocycles. The first-order valence-electron chi connectivity index (χ1n) is 7.30. The molecule has 4 heteroatoms. The van der Waals surface area contributed by atoms with Crippen LogP contribution in [0.1, 0.15) is 21.5 Å². The minimum absolute atomic E-state index is 0.0419. The molecular weight excluding hydrogens is 292 g/mol. The average Bonchev–Trinajstić information content (AvgIpc) is 2.58. The minimum atomic E-state index is -0.322. The molecule has 0 radical (unpaired) electrons. The molecule has 0 unspecified atom stereocenters. The van der Waals surface area contributed by atoms with Crippen LogP contribution in [0.3, 0.4) is 0 Å². The predicted molar refractivity (Wildman–Crippen MR) is 86.4 cm³/mol. The smallest absolute Gasteiger partial charge is 0.309 e. The molecule has 1 heterocycles. The Hall–Kier alpha value is -2.88. The molecule has 0 bridgehead atoms. The summed E-state index contributed by atoms with van der Waals surface area (Å²) < 4.78 is 10.3. The first kappa shape index (κ1) is 15.0. The highest BCUT2D eigenvalue weighted by molar-refractivity contribution is 6.14. The molecule has 23 heavy (non-hydrogen) atoms. The van der Waals surface area contributed by atoms with Crippen LogP contribution in [0.2, 0.25) is 0 Å². The largest absolute Gasteiger partial charge is 0.488 e. The number of rotatable bonds is 3. The highest BCUT2D eigenvalue weighted by Gasteiger charge is 2.23. The Morgan fingerprint density at radius 2 is 2.00 bits per heavy atom. The predicted octanol–water partition coefficient (Wildman–Crippen LogP) is 3.06. The van der Waals surface area contributed by atoms with Gasteiger partial charge in [-0.25, -0.2) is 0 Å². The molecule has 4 nitrogen and oxygen atoms in total. The van der Waals surface area contributed by atoms with Crippen LogP contribution in [0.25, 0.3) is 6.08 Å². The van der Waals surface area contributed by atoms with Crippen molar-refractivity contribution in [2.45, 2.75) is 6.42 Å². The maximum absolute atomic E-state index is 12.6. The van der Waals surface area contributed by atoms with Gasteiger partial charge in [0.05, 0.1) is 19.1 Å². The Kier molecular flexibility index (Phi) is 4.24. The summed E-state index contributed by atoms with van der Waals surface area (Å²) in [4.78, 5) is 23.9. The zero-order valence-corrected chi connectivity index (χ0v) is 12.7. The second-order valence-electron chi connectivity index (χ2n) is 5.28. The lowest BCUT2D eigenvalue weighted by Crippen LogP contribution is -2.19. The Labute approximate surface area is 134 Å². The summed E-state index contributed by atoms with van der Waals surface area (Å²) in [5.74, 6) is 0.151. The van der Waals surface area contributed by atoms with Gasteiger partial charge >= 0.3 is 5.97 Å². The third kappa shape index (κ3) is 3.31. The normalized spacial score (nSPS) is 15.0. The number of benzene rings is 2. The van der Waals surface area contributed by atoms with E-state index in [9.17, 15) is 9.59 Å². The molecule has 116 valence electrons. The maximum atomic E-state index is 12.6. The van der Waals surface area contributed by atoms with E-state index < -0.39 is 0 Å². The molecule has 0 amide bonds. The monoisotopic (exact) mass is 308 g/mol. The molecule has 0 spiro atoms. The fraction of sp³-hybridized carbons (Fsp3) is 0.158. The van der Waals surface area contributed by atoms with E-state index in [2.05, 4.69) is 4.74 Å². The summed E-state index contributed by atoms with van der Waals surface area (Å²) in [7, 11) is 1.35. The van der Waals surface area contributed by atoms with Gasteiger partial charge in [0.25, 0.3) is 0 Å². The summed E-state index contributed by atoms with van der Waals surface area (Å²) in [5, 5.41) is 0. The Morgan fingerprint density at radius 1 is 1.22 bits per heavy atom. The molecule has 0 fully saturated rings. The lowest BCUT2D eigenvalue weighted by molar-refractivity contribution is -0.139. The van der Waals surface area contributed by atoms with Crippen LogP contribution >= 0.6 is 0 Å². The third-order valence-electron chi connectivity index (χ3n) is 3.68. The number of carbonyl (C=O) groups excluding carboxylic acids is 2. The SMILES string of the molecule is COC(=O)Cc1ccc2c(c1)OCC(=Cc1ccccc1)C2=O. The first-order chi connectivity index (χ1) is 11.2. The van der Waals surface area contributed by atoms with Crippen molar-refractivity contribution in [3.63, 3.8) is 0 Å². The molecule has 1 aliphatic heterocycles. The van der Waals surface area contributed by atoms with Crippen LogP contribution in [0, 0.1) is 0 Å². The van der Waals surface area contributed by atoms with Gasteiger partial charge in [0, 0.05) is 5.57 Å². The van der Waals surface area contributed by atoms with Gasteiger partial charge in [-0.05, 0) is 29.3 Å². The number of hydrogen-bond donors (Lipinski definition) is 0. The van der Waals surface area contributed by atoms with E-state index in [4.69, 9.17) is 4.74 Å². The van der Waals surface area contributed by atoms with Gasteiger partial charge in [-0.1, -0.05) is 36.4 Å². The van der Waals surface area contributed by atoms with E-state index in [1.165, 1.54) is 7.11 Å². The molecule has 0 N–H and O–H groups in total. The number of esters is 1. The number of fused-ring (bicyclic) bond motifs is 1. The summed E-state index contributed by atoms with van der Waals surface area (Å²) in [6, 6.07) is 14.8. The molecular formula is C19H16O4. The van der Waals surface area contributed by atoms with Crippen molar-refractivity contribution in [3.8, 4) is 5.75 Å². The fourth-order valence-electron chi connectivity index (χ4n) is 2.47. The van der Waals surface area contributed by atoms with Crippen molar-refractivity contribution >= 4 is 17.8 Å². The topological polar surface area (TPSA) is 52.6 Å². The van der Waals surface area contributed by atoms with Gasteiger partial charge in [-0.2, -0.15) is 0 Å². The van der Waals surface area contributed by atoms with Gasteiger partial charge in [0.15, 0.2) is 5.78 Å². The Morgan fingerprint density at radius 3 is 2.74 bits per heavy atom. The lowest BCUT2D eigenvalue weighted by atomic mass is 9.96. The molecule has 0 saturated carbocycles. The number of hydrogen-bond acceptors (Lipinski definition) is 4. The van der Waals surface area contributed by atoms with Gasteiger partial charge in [-0.15, -0.1) is 0 Å². The van der Waals surface area contributed by atoms with Crippen LogP contribution < -0.4 is 4.74 Å². The molecule has 0 atom stereocenters. The summed E-state index contributed by atoms with van der Waals surface area (Å²) in [6.07, 6.45) is 2.00. The maximum Gasteiger partial charge on any atom is 0.309 e. The van der Waals surface area contributed by atoms with Gasteiger partial charge < -0.3 is 9.47 Å². The van der Waals surface area contributed by atoms with Crippen LogP contribution in [0.15, 0.2) is 54.1 Å². The molecule has 0 aromatic heterocycles. The zero-order valence-electron chi connectivity index (χ0n) is 12.7. The van der Waals surface area contributed by atoms with Gasteiger partial charge in [0.2, 0.25) is 0 Å². The van der Waals surface area contributed by atoms with Crippen molar-refractivity contribution in [2.75, 3.05) is 13.7 Å². The summed E-state index contributed by atoms with van der Waals surface area (Å²) >= 11 is 0. The van der Waals surface area contributed by atoms with E-state index in [1.54, 1.807) is 18.2 Å². The van der Waals surface area contributed by atoms with Gasteiger partial charge in [0.1, 0.15) is 12.4 Å². The highest BCUT2D eigenvalue weighted by atomic mass is 16.5. The van der Waals surface area contributed by atoms with E-state index in [0.717, 1.165) is 11.1 Å². The first-order valence-corrected chi connectivity index (χ1v) is 7.30.